The van der Waals surface area contributed by atoms with E-state index in [1.807, 2.05) is 0 Å². The van der Waals surface area contributed by atoms with Gasteiger partial charge in [0.2, 0.25) is 0 Å². The van der Waals surface area contributed by atoms with Crippen molar-refractivity contribution in [3.8, 4) is 0 Å². The maximum Gasteiger partial charge on any atom is 0.512 e. The SMILES string of the molecule is CN(S(=O)(=O)C(F)(F)F)S(=O)(=O)C(F)(F)S(=O)(=O)N1CCN(C2CCOC2=O)CC1. The fourth-order valence-corrected chi connectivity index (χ4v) is 7.74. The van der Waals surface area contributed by atoms with E-state index in [0.29, 0.717) is 0 Å². The molecule has 0 aromatic heterocycles. The smallest absolute Gasteiger partial charge is 0.464 e. The first kappa shape index (κ1) is 25.1. The fraction of sp³-hybridized carbons (Fsp3) is 0.909. The number of nitrogens with zero attached hydrogens (tertiary/aromatic N) is 3. The van der Waals surface area contributed by atoms with Gasteiger partial charge in [0.05, 0.1) is 6.61 Å². The van der Waals surface area contributed by atoms with Gasteiger partial charge in [-0.05, 0) is 0 Å². The quantitative estimate of drug-likeness (QED) is 0.323. The topological polar surface area (TPSA) is 138 Å². The molecule has 0 aromatic rings. The standard InChI is InChI=1S/C11H16F5N3O8S3/c1-17(28(21,22)10(12,13)14)29(23,24)11(15,16)30(25,26)19-5-3-18(4-6-19)8-2-7-27-9(8)20/h8H,2-7H2,1H3. The third-order valence-electron chi connectivity index (χ3n) is 4.53. The molecule has 1 atom stereocenters. The molecule has 2 rings (SSSR count). The van der Waals surface area contributed by atoms with E-state index in [-0.39, 0.29) is 37.5 Å². The molecule has 30 heavy (non-hydrogen) atoms. The Bertz CT molecular complexity index is 1000. The van der Waals surface area contributed by atoms with Gasteiger partial charge in [0.25, 0.3) is 10.0 Å². The van der Waals surface area contributed by atoms with Crippen LogP contribution < -0.4 is 0 Å². The molecule has 176 valence electrons. The fourth-order valence-electron chi connectivity index (χ4n) is 2.78. The average molecular weight is 509 g/mol. The number of hydrogen-bond donors (Lipinski definition) is 0. The summed E-state index contributed by atoms with van der Waals surface area (Å²) in [5, 5.41) is 0. The normalized spacial score (nSPS) is 23.7. The van der Waals surface area contributed by atoms with Gasteiger partial charge >= 0.3 is 36.1 Å². The number of piperazine rings is 1. The maximum atomic E-state index is 14.4. The van der Waals surface area contributed by atoms with Crippen LogP contribution in [0.2, 0.25) is 0 Å². The average Bonchev–Trinajstić information content (AvgIpc) is 3.05. The highest BCUT2D eigenvalue weighted by molar-refractivity contribution is 8.12. The lowest BCUT2D eigenvalue weighted by molar-refractivity contribution is -0.142. The first-order chi connectivity index (χ1) is 13.4. The Morgan fingerprint density at radius 3 is 1.83 bits per heavy atom. The molecule has 2 aliphatic heterocycles. The molecule has 0 saturated carbocycles. The minimum absolute atomic E-state index is 0.00931. The number of carbonyl (C=O) groups is 1. The predicted molar refractivity (Wildman–Crippen MR) is 88.0 cm³/mol. The molecule has 0 bridgehead atoms. The van der Waals surface area contributed by atoms with Crippen molar-refractivity contribution in [3.05, 3.63) is 0 Å². The van der Waals surface area contributed by atoms with Gasteiger partial charge in [-0.1, -0.05) is 3.71 Å². The molecule has 2 fully saturated rings. The summed E-state index contributed by atoms with van der Waals surface area (Å²) in [6.07, 6.45) is 0.274. The number of esters is 1. The molecule has 2 heterocycles. The van der Waals surface area contributed by atoms with Gasteiger partial charge in [-0.3, -0.25) is 9.69 Å². The molecular formula is C11H16F5N3O8S3. The Balaban J connectivity index is 2.27. The number of ether oxygens (including phenoxy) is 1. The van der Waals surface area contributed by atoms with Crippen LogP contribution in [-0.4, -0.2) is 100 Å². The predicted octanol–water partition coefficient (Wildman–Crippen LogP) is -1.09. The Hall–Kier alpha value is -1.15. The van der Waals surface area contributed by atoms with E-state index >= 15 is 0 Å². The van der Waals surface area contributed by atoms with Crippen molar-refractivity contribution in [2.45, 2.75) is 22.6 Å². The van der Waals surface area contributed by atoms with Gasteiger partial charge in [0.15, 0.2) is 0 Å². The molecule has 0 amide bonds. The minimum Gasteiger partial charge on any atom is -0.464 e. The summed E-state index contributed by atoms with van der Waals surface area (Å²) >= 11 is 0. The number of hydrogen-bond acceptors (Lipinski definition) is 9. The Morgan fingerprint density at radius 2 is 1.43 bits per heavy atom. The zero-order valence-corrected chi connectivity index (χ0v) is 17.5. The van der Waals surface area contributed by atoms with E-state index in [1.165, 1.54) is 4.90 Å². The van der Waals surface area contributed by atoms with E-state index in [4.69, 9.17) is 4.74 Å². The first-order valence-electron chi connectivity index (χ1n) is 7.97. The number of cyclic esters (lactones) is 1. The summed E-state index contributed by atoms with van der Waals surface area (Å²) in [7, 11) is -20.1. The van der Waals surface area contributed by atoms with E-state index in [1.54, 1.807) is 0 Å². The van der Waals surface area contributed by atoms with Gasteiger partial charge in [-0.25, -0.2) is 25.3 Å². The van der Waals surface area contributed by atoms with E-state index < -0.39 is 69.0 Å². The molecular weight excluding hydrogens is 493 g/mol. The molecule has 11 nitrogen and oxygen atoms in total. The van der Waals surface area contributed by atoms with Crippen LogP contribution in [0.1, 0.15) is 6.42 Å². The molecule has 0 aromatic carbocycles. The highest BCUT2D eigenvalue weighted by atomic mass is 32.3. The molecule has 19 heteroatoms. The second-order valence-electron chi connectivity index (χ2n) is 6.21. The molecule has 1 unspecified atom stereocenters. The van der Waals surface area contributed by atoms with Crippen LogP contribution in [0.3, 0.4) is 0 Å². The number of halogens is 5. The van der Waals surface area contributed by atoms with Crippen LogP contribution >= 0.6 is 0 Å². The lowest BCUT2D eigenvalue weighted by Crippen LogP contribution is -2.59. The van der Waals surface area contributed by atoms with E-state index in [0.717, 1.165) is 0 Å². The van der Waals surface area contributed by atoms with Crippen LogP contribution in [0.5, 0.6) is 0 Å². The first-order valence-corrected chi connectivity index (χ1v) is 12.3. The molecule has 2 aliphatic rings. The molecule has 2 saturated heterocycles. The van der Waals surface area contributed by atoms with Crippen molar-refractivity contribution in [1.29, 1.82) is 0 Å². The summed E-state index contributed by atoms with van der Waals surface area (Å²) in [5.74, 6) is -0.599. The summed E-state index contributed by atoms with van der Waals surface area (Å²) in [6, 6.07) is -0.734. The van der Waals surface area contributed by atoms with Crippen LogP contribution in [0, 0.1) is 0 Å². The summed E-state index contributed by atoms with van der Waals surface area (Å²) in [6.45, 7) is -1.87. The van der Waals surface area contributed by atoms with E-state index in [9.17, 15) is 52.0 Å². The Labute approximate surface area is 168 Å². The van der Waals surface area contributed by atoms with Crippen molar-refractivity contribution < 1.29 is 56.7 Å². The zero-order chi connectivity index (χ0) is 23.3. The number of rotatable bonds is 6. The zero-order valence-electron chi connectivity index (χ0n) is 15.0. The van der Waals surface area contributed by atoms with Crippen LogP contribution in [0.25, 0.3) is 0 Å². The van der Waals surface area contributed by atoms with E-state index in [2.05, 4.69) is 0 Å². The van der Waals surface area contributed by atoms with Crippen molar-refractivity contribution in [2.24, 2.45) is 0 Å². The minimum atomic E-state index is -6.85. The molecule has 0 aliphatic carbocycles. The summed E-state index contributed by atoms with van der Waals surface area (Å²) in [4.78, 5) is 13.0. The number of sulfonamides is 3. The third kappa shape index (κ3) is 3.90. The lowest BCUT2D eigenvalue weighted by Gasteiger charge is -2.37. The van der Waals surface area contributed by atoms with Crippen molar-refractivity contribution >= 4 is 36.0 Å². The highest BCUT2D eigenvalue weighted by Gasteiger charge is 2.66. The van der Waals surface area contributed by atoms with Crippen LogP contribution in [0.4, 0.5) is 22.0 Å². The van der Waals surface area contributed by atoms with Gasteiger partial charge in [0.1, 0.15) is 6.04 Å². The second kappa shape index (κ2) is 7.76. The van der Waals surface area contributed by atoms with Crippen molar-refractivity contribution in [1.82, 2.24) is 12.9 Å². The van der Waals surface area contributed by atoms with Crippen LogP contribution in [0.15, 0.2) is 0 Å². The third-order valence-corrected chi connectivity index (χ3v) is 11.2. The second-order valence-corrected chi connectivity index (χ2v) is 12.7. The Morgan fingerprint density at radius 1 is 0.933 bits per heavy atom. The highest BCUT2D eigenvalue weighted by Crippen LogP contribution is 2.38. The van der Waals surface area contributed by atoms with Gasteiger partial charge in [-0.15, -0.1) is 0 Å². The van der Waals surface area contributed by atoms with Gasteiger partial charge < -0.3 is 4.74 Å². The maximum absolute atomic E-state index is 14.4. The summed E-state index contributed by atoms with van der Waals surface area (Å²) in [5.41, 5.74) is -6.27. The number of carbonyl (C=O) groups excluding carboxylic acids is 1. The number of alkyl halides is 5. The largest absolute Gasteiger partial charge is 0.512 e. The molecule has 0 spiro atoms. The van der Waals surface area contributed by atoms with Gasteiger partial charge in [-0.2, -0.15) is 26.3 Å². The lowest BCUT2D eigenvalue weighted by atomic mass is 10.2. The molecule has 0 N–H and O–H groups in total. The van der Waals surface area contributed by atoms with Crippen molar-refractivity contribution in [2.75, 3.05) is 39.8 Å². The van der Waals surface area contributed by atoms with Gasteiger partial charge in [0, 0.05) is 39.6 Å². The van der Waals surface area contributed by atoms with Crippen LogP contribution in [-0.2, 0) is 39.6 Å². The summed E-state index contributed by atoms with van der Waals surface area (Å²) < 4.78 is 134. The Kier molecular flexibility index (Phi) is 6.50. The van der Waals surface area contributed by atoms with Crippen molar-refractivity contribution in [3.63, 3.8) is 0 Å². The monoisotopic (exact) mass is 509 g/mol. The molecule has 0 radical (unpaired) electrons.